The number of likely N-dealkylation sites (N-methyl/N-ethyl adjacent to an activating group) is 1. The number of hydrazine groups is 1. The van der Waals surface area contributed by atoms with E-state index < -0.39 is 0 Å². The van der Waals surface area contributed by atoms with Crippen LogP contribution in [0.15, 0.2) is 28.4 Å². The molecular formula is C22H21N5O4. The number of aromatic nitrogens is 2. The number of rotatable bonds is 4. The first-order chi connectivity index (χ1) is 14.9. The van der Waals surface area contributed by atoms with Gasteiger partial charge in [0.2, 0.25) is 11.7 Å². The van der Waals surface area contributed by atoms with Crippen LogP contribution in [0, 0.1) is 6.92 Å². The summed E-state index contributed by atoms with van der Waals surface area (Å²) in [5.41, 5.74) is 7.19. The molecule has 0 atom stereocenters. The lowest BCUT2D eigenvalue weighted by atomic mass is 10.0. The van der Waals surface area contributed by atoms with Crippen LogP contribution >= 0.6 is 0 Å². The van der Waals surface area contributed by atoms with Crippen molar-refractivity contribution in [2.75, 3.05) is 25.6 Å². The minimum atomic E-state index is -0.172. The van der Waals surface area contributed by atoms with Crippen molar-refractivity contribution in [2.24, 2.45) is 0 Å². The number of H-pyrrole nitrogens is 1. The van der Waals surface area contributed by atoms with Crippen LogP contribution in [0.25, 0.3) is 29.5 Å². The number of amides is 1. The highest BCUT2D eigenvalue weighted by Crippen LogP contribution is 2.22. The smallest absolute Gasteiger partial charge is 0.242 e. The Morgan fingerprint density at radius 3 is 2.97 bits per heavy atom. The maximum atomic E-state index is 12.9. The van der Waals surface area contributed by atoms with E-state index in [4.69, 9.17) is 9.15 Å². The van der Waals surface area contributed by atoms with Crippen molar-refractivity contribution in [3.05, 3.63) is 51.7 Å². The SMILES string of the molecule is COC1=Cc2c3c([nH]c2=CC1=O)=CNN(CC(=O)N(C)c1ccc2nc(C)oc2c1)C3. The highest BCUT2D eigenvalue weighted by molar-refractivity contribution is 6.19. The van der Waals surface area contributed by atoms with E-state index >= 15 is 0 Å². The maximum absolute atomic E-state index is 12.9. The third-order valence-electron chi connectivity index (χ3n) is 5.53. The van der Waals surface area contributed by atoms with E-state index in [1.807, 2.05) is 23.2 Å². The summed E-state index contributed by atoms with van der Waals surface area (Å²) in [4.78, 5) is 34.1. The molecule has 5 rings (SSSR count). The number of hydrogen-bond donors (Lipinski definition) is 2. The fraction of sp³-hybridized carbons (Fsp3) is 0.227. The van der Waals surface area contributed by atoms with Gasteiger partial charge in [0.05, 0.1) is 24.4 Å². The Hall–Kier alpha value is -3.85. The fourth-order valence-electron chi connectivity index (χ4n) is 3.88. The van der Waals surface area contributed by atoms with Gasteiger partial charge in [0.25, 0.3) is 0 Å². The number of methoxy groups -OCH3 is 1. The molecule has 0 saturated heterocycles. The predicted molar refractivity (Wildman–Crippen MR) is 115 cm³/mol. The first-order valence-corrected chi connectivity index (χ1v) is 9.80. The molecule has 31 heavy (non-hydrogen) atoms. The summed E-state index contributed by atoms with van der Waals surface area (Å²) in [6.07, 6.45) is 5.07. The molecule has 158 valence electrons. The number of anilines is 1. The predicted octanol–water partition coefficient (Wildman–Crippen LogP) is 0.536. The van der Waals surface area contributed by atoms with E-state index in [-0.39, 0.29) is 18.2 Å². The summed E-state index contributed by atoms with van der Waals surface area (Å²) >= 11 is 0. The highest BCUT2D eigenvalue weighted by Gasteiger charge is 2.24. The number of oxazole rings is 1. The Balaban J connectivity index is 1.35. The van der Waals surface area contributed by atoms with Gasteiger partial charge in [0, 0.05) is 55.7 Å². The van der Waals surface area contributed by atoms with E-state index in [0.717, 1.165) is 33.0 Å². The minimum absolute atomic E-state index is 0.0841. The van der Waals surface area contributed by atoms with Gasteiger partial charge in [0.15, 0.2) is 17.2 Å². The first kappa shape index (κ1) is 19.1. The van der Waals surface area contributed by atoms with Crippen LogP contribution in [0.1, 0.15) is 17.0 Å². The van der Waals surface area contributed by atoms with Gasteiger partial charge in [-0.2, -0.15) is 0 Å². The van der Waals surface area contributed by atoms with Gasteiger partial charge in [-0.3, -0.25) is 9.59 Å². The monoisotopic (exact) mass is 419 g/mol. The van der Waals surface area contributed by atoms with Crippen molar-refractivity contribution in [3.63, 3.8) is 0 Å². The second-order valence-electron chi connectivity index (χ2n) is 7.53. The van der Waals surface area contributed by atoms with E-state index in [1.165, 1.54) is 13.2 Å². The lowest BCUT2D eigenvalue weighted by Crippen LogP contribution is -2.46. The molecule has 2 aromatic heterocycles. The minimum Gasteiger partial charge on any atom is -0.493 e. The second kappa shape index (κ2) is 7.13. The number of aryl methyl sites for hydroxylation is 1. The molecule has 1 amide bonds. The van der Waals surface area contributed by atoms with E-state index in [9.17, 15) is 9.59 Å². The van der Waals surface area contributed by atoms with Crippen LogP contribution in [0.5, 0.6) is 0 Å². The zero-order chi connectivity index (χ0) is 21.7. The van der Waals surface area contributed by atoms with E-state index in [2.05, 4.69) is 15.4 Å². The number of fused-ring (bicyclic) bond motifs is 4. The number of benzene rings is 1. The Morgan fingerprint density at radius 1 is 1.32 bits per heavy atom. The molecule has 0 fully saturated rings. The zero-order valence-corrected chi connectivity index (χ0v) is 17.4. The number of aromatic amines is 1. The molecule has 1 aliphatic heterocycles. The van der Waals surface area contributed by atoms with Crippen LogP contribution < -0.4 is 21.0 Å². The number of Topliss-reactive ketones (excluding diaryl/α,β-unsaturated/α-hetero) is 1. The molecule has 2 N–H and O–H groups in total. The zero-order valence-electron chi connectivity index (χ0n) is 17.4. The van der Waals surface area contributed by atoms with Gasteiger partial charge in [-0.15, -0.1) is 0 Å². The Morgan fingerprint density at radius 2 is 2.16 bits per heavy atom. The lowest BCUT2D eigenvalue weighted by molar-refractivity contribution is -0.120. The average Bonchev–Trinajstić information content (AvgIpc) is 3.30. The average molecular weight is 419 g/mol. The Bertz CT molecular complexity index is 1380. The maximum Gasteiger partial charge on any atom is 0.242 e. The van der Waals surface area contributed by atoms with Gasteiger partial charge in [-0.1, -0.05) is 0 Å². The third-order valence-corrected chi connectivity index (χ3v) is 5.53. The van der Waals surface area contributed by atoms with Crippen LogP contribution in [0.4, 0.5) is 5.69 Å². The topological polar surface area (TPSA) is 104 Å². The summed E-state index contributed by atoms with van der Waals surface area (Å²) < 4.78 is 10.8. The Labute approximate surface area is 177 Å². The number of allylic oxidation sites excluding steroid dienone is 1. The molecule has 1 aromatic carbocycles. The third kappa shape index (κ3) is 3.28. The number of carbonyl (C=O) groups is 2. The molecule has 0 spiro atoms. The summed E-state index contributed by atoms with van der Waals surface area (Å²) in [6, 6.07) is 5.50. The number of nitrogens with one attached hydrogen (secondary N) is 2. The summed E-state index contributed by atoms with van der Waals surface area (Å²) in [6.45, 7) is 2.44. The van der Waals surface area contributed by atoms with Crippen LogP contribution in [-0.2, 0) is 20.9 Å². The molecule has 0 saturated carbocycles. The molecule has 0 radical (unpaired) electrons. The van der Waals surface area contributed by atoms with Crippen molar-refractivity contribution >= 4 is 46.8 Å². The van der Waals surface area contributed by atoms with E-state index in [1.54, 1.807) is 31.1 Å². The molecule has 9 heteroatoms. The Kier molecular flexibility index (Phi) is 4.40. The van der Waals surface area contributed by atoms with Crippen molar-refractivity contribution in [1.29, 1.82) is 0 Å². The molecular weight excluding hydrogens is 398 g/mol. The largest absolute Gasteiger partial charge is 0.493 e. The second-order valence-corrected chi connectivity index (χ2v) is 7.53. The van der Waals surface area contributed by atoms with Gasteiger partial charge < -0.3 is 24.5 Å². The molecule has 3 heterocycles. The van der Waals surface area contributed by atoms with Gasteiger partial charge in [-0.25, -0.2) is 9.99 Å². The fourth-order valence-corrected chi connectivity index (χ4v) is 3.88. The van der Waals surface area contributed by atoms with Gasteiger partial charge in [-0.05, 0) is 18.2 Å². The lowest BCUT2D eigenvalue weighted by Gasteiger charge is -2.27. The molecule has 3 aromatic rings. The standard InChI is InChI=1S/C22H21N5O4/c1-12-24-16-5-4-13(6-20(16)31-12)26(2)22(29)11-27-10-15-14-7-21(30-3)19(28)8-17(14)25-18(15)9-23-27/h4-9,23,25H,10-11H2,1-3H3. The summed E-state index contributed by atoms with van der Waals surface area (Å²) in [7, 11) is 3.21. The number of ether oxygens (including phenoxy) is 1. The highest BCUT2D eigenvalue weighted by atomic mass is 16.5. The number of hydrogen-bond acceptors (Lipinski definition) is 7. The van der Waals surface area contributed by atoms with Gasteiger partial charge >= 0.3 is 0 Å². The number of nitrogens with zero attached hydrogens (tertiary/aromatic N) is 3. The van der Waals surface area contributed by atoms with Crippen molar-refractivity contribution in [2.45, 2.75) is 13.5 Å². The van der Waals surface area contributed by atoms with Crippen molar-refractivity contribution in [1.82, 2.24) is 20.4 Å². The molecule has 0 bridgehead atoms. The van der Waals surface area contributed by atoms with Crippen LogP contribution in [0.3, 0.4) is 0 Å². The normalized spacial score (nSPS) is 15.3. The quantitative estimate of drug-likeness (QED) is 0.636. The molecule has 0 unspecified atom stereocenters. The molecule has 9 nitrogen and oxygen atoms in total. The molecule has 2 aliphatic rings. The molecule has 1 aliphatic carbocycles. The summed E-state index contributed by atoms with van der Waals surface area (Å²) in [5, 5.41) is 3.45. The van der Waals surface area contributed by atoms with Crippen LogP contribution in [-0.4, -0.2) is 47.4 Å². The summed E-state index contributed by atoms with van der Waals surface area (Å²) in [5.74, 6) is 0.631. The van der Waals surface area contributed by atoms with Crippen LogP contribution in [0.2, 0.25) is 0 Å². The van der Waals surface area contributed by atoms with Gasteiger partial charge in [0.1, 0.15) is 5.52 Å². The van der Waals surface area contributed by atoms with Crippen molar-refractivity contribution in [3.8, 4) is 0 Å². The number of ketones is 1. The number of carbonyl (C=O) groups excluding carboxylic acids is 2. The first-order valence-electron chi connectivity index (χ1n) is 9.80. The van der Waals surface area contributed by atoms with Crippen molar-refractivity contribution < 1.29 is 18.7 Å². The van der Waals surface area contributed by atoms with E-state index in [0.29, 0.717) is 23.8 Å².